The highest BCUT2D eigenvalue weighted by molar-refractivity contribution is 5.87. The van der Waals surface area contributed by atoms with Crippen LogP contribution in [0.5, 0.6) is 0 Å². The molecule has 0 spiro atoms. The number of hydrogen-bond donors (Lipinski definition) is 1. The van der Waals surface area contributed by atoms with Crippen molar-refractivity contribution in [1.29, 1.82) is 0 Å². The van der Waals surface area contributed by atoms with Crippen molar-refractivity contribution in [2.45, 2.75) is 32.4 Å². The first kappa shape index (κ1) is 12.5. The molecule has 1 aliphatic heterocycles. The average molecular weight is 248 g/mol. The van der Waals surface area contributed by atoms with Crippen molar-refractivity contribution in [1.82, 2.24) is 9.88 Å². The third kappa shape index (κ3) is 2.08. The van der Waals surface area contributed by atoms with Crippen LogP contribution in [0.15, 0.2) is 24.4 Å². The zero-order valence-electron chi connectivity index (χ0n) is 10.4. The van der Waals surface area contributed by atoms with Crippen LogP contribution in [0.1, 0.15) is 32.0 Å². The van der Waals surface area contributed by atoms with E-state index in [9.17, 15) is 14.7 Å². The molecule has 0 aliphatic carbocycles. The van der Waals surface area contributed by atoms with E-state index < -0.39 is 17.9 Å². The summed E-state index contributed by atoms with van der Waals surface area (Å²) < 4.78 is 0. The number of amides is 1. The summed E-state index contributed by atoms with van der Waals surface area (Å²) in [6, 6.07) is 4.86. The minimum absolute atomic E-state index is 0.0335. The molecule has 0 unspecified atom stereocenters. The van der Waals surface area contributed by atoms with E-state index in [0.29, 0.717) is 5.69 Å². The van der Waals surface area contributed by atoms with Crippen molar-refractivity contribution in [2.24, 2.45) is 5.92 Å². The number of carbonyl (C=O) groups excluding carboxylic acids is 1. The third-order valence-corrected chi connectivity index (χ3v) is 3.23. The molecule has 2 rings (SSSR count). The van der Waals surface area contributed by atoms with Crippen molar-refractivity contribution in [3.05, 3.63) is 30.1 Å². The maximum absolute atomic E-state index is 11.9. The Kier molecular flexibility index (Phi) is 3.32. The molecular formula is C13H16N2O3. The number of aliphatic carboxylic acids is 1. The number of likely N-dealkylation sites (tertiary alicyclic amines) is 1. The fourth-order valence-electron chi connectivity index (χ4n) is 2.49. The molecule has 1 N–H and O–H groups in total. The largest absolute Gasteiger partial charge is 0.481 e. The van der Waals surface area contributed by atoms with Gasteiger partial charge in [0.15, 0.2) is 0 Å². The van der Waals surface area contributed by atoms with Crippen LogP contribution in [0.4, 0.5) is 0 Å². The van der Waals surface area contributed by atoms with Crippen molar-refractivity contribution in [3.8, 4) is 0 Å². The normalized spacial score (nSPS) is 23.7. The molecule has 18 heavy (non-hydrogen) atoms. The molecule has 1 aromatic heterocycles. The molecule has 0 bridgehead atoms. The quantitative estimate of drug-likeness (QED) is 0.879. The first-order chi connectivity index (χ1) is 8.52. The predicted molar refractivity (Wildman–Crippen MR) is 64.7 cm³/mol. The standard InChI is InChI=1S/C13H16N2O3/c1-8(2)15-11(16)7-9(13(17)18)12(15)10-5-3-4-6-14-10/h3-6,8-9,12H,7H2,1-2H3,(H,17,18)/t9-,12-/m1/s1. The van der Waals surface area contributed by atoms with Gasteiger partial charge in [-0.3, -0.25) is 14.6 Å². The van der Waals surface area contributed by atoms with Gasteiger partial charge in [0.1, 0.15) is 0 Å². The summed E-state index contributed by atoms with van der Waals surface area (Å²) >= 11 is 0. The summed E-state index contributed by atoms with van der Waals surface area (Å²) in [6.07, 6.45) is 1.67. The van der Waals surface area contributed by atoms with Gasteiger partial charge in [0.05, 0.1) is 17.7 Å². The second-order valence-electron chi connectivity index (χ2n) is 4.74. The zero-order chi connectivity index (χ0) is 13.3. The van der Waals surface area contributed by atoms with Crippen LogP contribution in [0.2, 0.25) is 0 Å². The molecule has 2 atom stereocenters. The molecular weight excluding hydrogens is 232 g/mol. The fourth-order valence-corrected chi connectivity index (χ4v) is 2.49. The minimum Gasteiger partial charge on any atom is -0.481 e. The summed E-state index contributed by atoms with van der Waals surface area (Å²) in [5.74, 6) is -1.77. The third-order valence-electron chi connectivity index (χ3n) is 3.23. The number of carboxylic acids is 1. The lowest BCUT2D eigenvalue weighted by atomic mass is 9.97. The molecule has 96 valence electrons. The molecule has 2 heterocycles. The van der Waals surface area contributed by atoms with Gasteiger partial charge in [0.25, 0.3) is 0 Å². The molecule has 1 aliphatic rings. The number of carbonyl (C=O) groups is 2. The smallest absolute Gasteiger partial charge is 0.309 e. The van der Waals surface area contributed by atoms with E-state index in [1.165, 1.54) is 0 Å². The Morgan fingerprint density at radius 1 is 1.50 bits per heavy atom. The molecule has 1 amide bonds. The van der Waals surface area contributed by atoms with E-state index in [-0.39, 0.29) is 18.4 Å². The summed E-state index contributed by atoms with van der Waals surface area (Å²) in [7, 11) is 0. The molecule has 5 heteroatoms. The molecule has 0 aromatic carbocycles. The second kappa shape index (κ2) is 4.76. The van der Waals surface area contributed by atoms with Crippen LogP contribution in [0.25, 0.3) is 0 Å². The SMILES string of the molecule is CC(C)N1C(=O)C[C@@H](C(=O)O)[C@@H]1c1ccccn1. The van der Waals surface area contributed by atoms with Gasteiger partial charge in [-0.25, -0.2) is 0 Å². The monoisotopic (exact) mass is 248 g/mol. The topological polar surface area (TPSA) is 70.5 Å². The summed E-state index contributed by atoms with van der Waals surface area (Å²) in [6.45, 7) is 3.77. The first-order valence-corrected chi connectivity index (χ1v) is 5.97. The highest BCUT2D eigenvalue weighted by atomic mass is 16.4. The van der Waals surface area contributed by atoms with E-state index in [2.05, 4.69) is 4.98 Å². The predicted octanol–water partition coefficient (Wildman–Crippen LogP) is 1.46. The molecule has 5 nitrogen and oxygen atoms in total. The Bertz CT molecular complexity index is 459. The van der Waals surface area contributed by atoms with Crippen LogP contribution in [0.3, 0.4) is 0 Å². The number of rotatable bonds is 3. The zero-order valence-corrected chi connectivity index (χ0v) is 10.4. The Labute approximate surface area is 105 Å². The fraction of sp³-hybridized carbons (Fsp3) is 0.462. The maximum atomic E-state index is 11.9. The Morgan fingerprint density at radius 2 is 2.22 bits per heavy atom. The minimum atomic E-state index is -0.942. The number of aromatic nitrogens is 1. The summed E-state index contributed by atoms with van der Waals surface area (Å²) in [5, 5.41) is 9.26. The molecule has 0 saturated carbocycles. The van der Waals surface area contributed by atoms with Crippen LogP contribution in [0, 0.1) is 5.92 Å². The number of pyridine rings is 1. The molecule has 0 radical (unpaired) electrons. The van der Waals surface area contributed by atoms with Crippen LogP contribution in [-0.2, 0) is 9.59 Å². The summed E-state index contributed by atoms with van der Waals surface area (Å²) in [5.41, 5.74) is 0.643. The van der Waals surface area contributed by atoms with Crippen molar-refractivity contribution < 1.29 is 14.7 Å². The van der Waals surface area contributed by atoms with Crippen LogP contribution >= 0.6 is 0 Å². The van der Waals surface area contributed by atoms with Crippen molar-refractivity contribution >= 4 is 11.9 Å². The summed E-state index contributed by atoms with van der Waals surface area (Å²) in [4.78, 5) is 29.1. The van der Waals surface area contributed by atoms with Gasteiger partial charge >= 0.3 is 5.97 Å². The highest BCUT2D eigenvalue weighted by Gasteiger charge is 2.46. The van der Waals surface area contributed by atoms with Gasteiger partial charge in [0, 0.05) is 18.7 Å². The highest BCUT2D eigenvalue weighted by Crippen LogP contribution is 2.38. The van der Waals surface area contributed by atoms with E-state index in [4.69, 9.17) is 0 Å². The molecule has 1 saturated heterocycles. The van der Waals surface area contributed by atoms with Crippen molar-refractivity contribution in [2.75, 3.05) is 0 Å². The van der Waals surface area contributed by atoms with Gasteiger partial charge in [-0.05, 0) is 26.0 Å². The Balaban J connectivity index is 2.43. The van der Waals surface area contributed by atoms with E-state index in [1.54, 1.807) is 23.2 Å². The maximum Gasteiger partial charge on any atom is 0.309 e. The van der Waals surface area contributed by atoms with Crippen molar-refractivity contribution in [3.63, 3.8) is 0 Å². The van der Waals surface area contributed by atoms with Gasteiger partial charge in [-0.15, -0.1) is 0 Å². The number of carboxylic acid groups (broad SMARTS) is 1. The molecule has 1 fully saturated rings. The Hall–Kier alpha value is -1.91. The lowest BCUT2D eigenvalue weighted by molar-refractivity contribution is -0.142. The van der Waals surface area contributed by atoms with E-state index >= 15 is 0 Å². The first-order valence-electron chi connectivity index (χ1n) is 5.97. The number of hydrogen-bond acceptors (Lipinski definition) is 3. The van der Waals surface area contributed by atoms with Gasteiger partial charge in [-0.2, -0.15) is 0 Å². The average Bonchev–Trinajstić information content (AvgIpc) is 2.68. The van der Waals surface area contributed by atoms with Gasteiger partial charge in [0.2, 0.25) is 5.91 Å². The second-order valence-corrected chi connectivity index (χ2v) is 4.74. The van der Waals surface area contributed by atoms with Gasteiger partial charge < -0.3 is 10.0 Å². The van der Waals surface area contributed by atoms with Crippen LogP contribution < -0.4 is 0 Å². The van der Waals surface area contributed by atoms with Crippen LogP contribution in [-0.4, -0.2) is 32.9 Å². The van der Waals surface area contributed by atoms with E-state index in [1.807, 2.05) is 19.9 Å². The lowest BCUT2D eigenvalue weighted by Gasteiger charge is -2.29. The lowest BCUT2D eigenvalue weighted by Crippen LogP contribution is -2.36. The van der Waals surface area contributed by atoms with Gasteiger partial charge in [-0.1, -0.05) is 6.07 Å². The van der Waals surface area contributed by atoms with E-state index in [0.717, 1.165) is 0 Å². The molecule has 1 aromatic rings. The number of nitrogens with zero attached hydrogens (tertiary/aromatic N) is 2. The Morgan fingerprint density at radius 3 is 2.72 bits per heavy atom.